The second kappa shape index (κ2) is 6.82. The largest absolute Gasteiger partial charge is 0.369 e. The number of rotatable bonds is 4. The highest BCUT2D eigenvalue weighted by Gasteiger charge is 2.37. The summed E-state index contributed by atoms with van der Waals surface area (Å²) in [5, 5.41) is 0. The predicted molar refractivity (Wildman–Crippen MR) is 92.8 cm³/mol. The van der Waals surface area contributed by atoms with Gasteiger partial charge in [0.2, 0.25) is 5.91 Å². The monoisotopic (exact) mass is 373 g/mol. The number of nitrogens with zero attached hydrogens (tertiary/aromatic N) is 4. The molecule has 0 saturated heterocycles. The lowest BCUT2D eigenvalue weighted by molar-refractivity contribution is -0.128. The van der Waals surface area contributed by atoms with Gasteiger partial charge in [-0.1, -0.05) is 0 Å². The molecule has 0 bridgehead atoms. The number of ketones is 1. The summed E-state index contributed by atoms with van der Waals surface area (Å²) in [6, 6.07) is 3.83. The van der Waals surface area contributed by atoms with Gasteiger partial charge in [0, 0.05) is 25.7 Å². The first-order valence-corrected chi connectivity index (χ1v) is 8.11. The Hall–Kier alpha value is -3.23. The number of pyridine rings is 2. The van der Waals surface area contributed by atoms with Crippen LogP contribution in [-0.2, 0) is 16.8 Å². The molecule has 3 rings (SSSR count). The number of guanidine groups is 1. The van der Waals surface area contributed by atoms with E-state index < -0.39 is 28.7 Å². The number of hydrogen-bond acceptors (Lipinski definition) is 6. The van der Waals surface area contributed by atoms with Crippen LogP contribution in [0.3, 0.4) is 0 Å². The lowest BCUT2D eigenvalue weighted by atomic mass is 9.90. The van der Waals surface area contributed by atoms with Crippen LogP contribution in [-0.4, -0.2) is 39.6 Å². The number of aromatic nitrogens is 2. The van der Waals surface area contributed by atoms with Crippen LogP contribution in [0.1, 0.15) is 35.1 Å². The molecule has 7 nitrogen and oxygen atoms in total. The van der Waals surface area contributed by atoms with E-state index in [9.17, 15) is 18.4 Å². The van der Waals surface area contributed by atoms with E-state index in [-0.39, 0.29) is 24.7 Å². The molecule has 2 N–H and O–H groups in total. The smallest absolute Gasteiger partial charge is 0.231 e. The minimum Gasteiger partial charge on any atom is -0.369 e. The van der Waals surface area contributed by atoms with Crippen molar-refractivity contribution in [1.82, 2.24) is 14.9 Å². The van der Waals surface area contributed by atoms with E-state index in [1.54, 1.807) is 19.1 Å². The van der Waals surface area contributed by atoms with Gasteiger partial charge in [-0.15, -0.1) is 0 Å². The van der Waals surface area contributed by atoms with Crippen LogP contribution in [0, 0.1) is 11.6 Å². The first-order chi connectivity index (χ1) is 12.7. The fraction of sp³-hybridized carbons (Fsp3) is 0.278. The van der Waals surface area contributed by atoms with Gasteiger partial charge in [-0.2, -0.15) is 0 Å². The molecule has 0 fully saturated rings. The van der Waals surface area contributed by atoms with Gasteiger partial charge in [0.1, 0.15) is 17.1 Å². The average Bonchev–Trinajstić information content (AvgIpc) is 2.59. The SMILES string of the molecule is CN1C(=O)CC(C)(c2cc(CC(=O)c3ncc(F)cc3F)ccn2)N=C1N. The molecule has 0 aromatic carbocycles. The quantitative estimate of drug-likeness (QED) is 0.820. The molecule has 0 spiro atoms. The van der Waals surface area contributed by atoms with Crippen molar-refractivity contribution >= 4 is 17.6 Å². The first kappa shape index (κ1) is 18.6. The van der Waals surface area contributed by atoms with Crippen molar-refractivity contribution in [2.24, 2.45) is 10.7 Å². The lowest BCUT2D eigenvalue weighted by Gasteiger charge is -2.32. The average molecular weight is 373 g/mol. The fourth-order valence-electron chi connectivity index (χ4n) is 2.82. The van der Waals surface area contributed by atoms with E-state index in [4.69, 9.17) is 5.73 Å². The maximum absolute atomic E-state index is 13.7. The third kappa shape index (κ3) is 3.67. The topological polar surface area (TPSA) is 102 Å². The highest BCUT2D eigenvalue weighted by Crippen LogP contribution is 2.32. The van der Waals surface area contributed by atoms with Crippen molar-refractivity contribution in [3.05, 3.63) is 59.2 Å². The maximum atomic E-state index is 13.7. The summed E-state index contributed by atoms with van der Waals surface area (Å²) < 4.78 is 26.7. The molecule has 0 aliphatic carbocycles. The summed E-state index contributed by atoms with van der Waals surface area (Å²) in [5.74, 6) is -2.59. The molecule has 1 amide bonds. The van der Waals surface area contributed by atoms with E-state index in [0.717, 1.165) is 6.20 Å². The standard InChI is InChI=1S/C18H17F2N5O2/c1-18(8-15(27)25(2)17(21)24-18)14-6-10(3-4-22-14)5-13(26)16-12(20)7-11(19)9-23-16/h3-4,6-7,9H,5,8H2,1-2H3,(H2,21,24). The zero-order valence-electron chi connectivity index (χ0n) is 14.7. The van der Waals surface area contributed by atoms with Crippen molar-refractivity contribution in [2.45, 2.75) is 25.3 Å². The minimum absolute atomic E-state index is 0.0722. The van der Waals surface area contributed by atoms with Crippen LogP contribution in [0.5, 0.6) is 0 Å². The second-order valence-electron chi connectivity index (χ2n) is 6.51. The molecule has 1 atom stereocenters. The normalized spacial score (nSPS) is 19.8. The Morgan fingerprint density at radius 1 is 1.33 bits per heavy atom. The van der Waals surface area contributed by atoms with Crippen LogP contribution in [0.15, 0.2) is 35.6 Å². The minimum atomic E-state index is -1.01. The summed E-state index contributed by atoms with van der Waals surface area (Å²) in [7, 11) is 1.54. The number of Topliss-reactive ketones (excluding diaryl/α,β-unsaturated/α-hetero) is 1. The molecule has 2 aromatic rings. The van der Waals surface area contributed by atoms with E-state index >= 15 is 0 Å². The molecule has 3 heterocycles. The highest BCUT2D eigenvalue weighted by atomic mass is 19.1. The number of halogens is 2. The summed E-state index contributed by atoms with van der Waals surface area (Å²) >= 11 is 0. The molecule has 140 valence electrons. The molecular weight excluding hydrogens is 356 g/mol. The number of hydrogen-bond donors (Lipinski definition) is 1. The van der Waals surface area contributed by atoms with E-state index in [0.29, 0.717) is 17.3 Å². The molecule has 2 aromatic heterocycles. The van der Waals surface area contributed by atoms with Gasteiger partial charge in [0.15, 0.2) is 17.6 Å². The van der Waals surface area contributed by atoms with Gasteiger partial charge < -0.3 is 5.73 Å². The van der Waals surface area contributed by atoms with Crippen molar-refractivity contribution < 1.29 is 18.4 Å². The fourth-order valence-corrected chi connectivity index (χ4v) is 2.82. The first-order valence-electron chi connectivity index (χ1n) is 8.11. The molecular formula is C18H17F2N5O2. The van der Waals surface area contributed by atoms with Gasteiger partial charge in [-0.25, -0.2) is 18.8 Å². The van der Waals surface area contributed by atoms with E-state index in [1.807, 2.05) is 0 Å². The van der Waals surface area contributed by atoms with E-state index in [2.05, 4.69) is 15.0 Å². The van der Waals surface area contributed by atoms with Crippen molar-refractivity contribution in [2.75, 3.05) is 7.05 Å². The Morgan fingerprint density at radius 3 is 2.74 bits per heavy atom. The zero-order valence-corrected chi connectivity index (χ0v) is 14.7. The van der Waals surface area contributed by atoms with Gasteiger partial charge in [0.05, 0.1) is 18.3 Å². The highest BCUT2D eigenvalue weighted by molar-refractivity contribution is 5.98. The Morgan fingerprint density at radius 2 is 2.07 bits per heavy atom. The number of carbonyl (C=O) groups excluding carboxylic acids is 2. The number of carbonyl (C=O) groups is 2. The third-order valence-electron chi connectivity index (χ3n) is 4.39. The van der Waals surface area contributed by atoms with Gasteiger partial charge in [0.25, 0.3) is 0 Å². The van der Waals surface area contributed by atoms with Crippen LogP contribution in [0.4, 0.5) is 8.78 Å². The number of nitrogens with two attached hydrogens (primary N) is 1. The van der Waals surface area contributed by atoms with Crippen LogP contribution in [0.2, 0.25) is 0 Å². The van der Waals surface area contributed by atoms with E-state index in [1.165, 1.54) is 18.1 Å². The Kier molecular flexibility index (Phi) is 4.69. The van der Waals surface area contributed by atoms with Gasteiger partial charge in [-0.05, 0) is 24.6 Å². The Bertz CT molecular complexity index is 963. The predicted octanol–water partition coefficient (Wildman–Crippen LogP) is 1.57. The molecule has 27 heavy (non-hydrogen) atoms. The summed E-state index contributed by atoms with van der Waals surface area (Å²) in [6.45, 7) is 1.72. The van der Waals surface area contributed by atoms with Gasteiger partial charge in [-0.3, -0.25) is 19.5 Å². The molecule has 0 radical (unpaired) electrons. The molecule has 9 heteroatoms. The number of aliphatic imine (C=N–C) groups is 1. The van der Waals surface area contributed by atoms with Crippen molar-refractivity contribution in [3.63, 3.8) is 0 Å². The molecule has 1 unspecified atom stereocenters. The van der Waals surface area contributed by atoms with Crippen LogP contribution < -0.4 is 5.73 Å². The van der Waals surface area contributed by atoms with Crippen LogP contribution >= 0.6 is 0 Å². The maximum Gasteiger partial charge on any atom is 0.231 e. The second-order valence-corrected chi connectivity index (χ2v) is 6.51. The Balaban J connectivity index is 1.88. The lowest BCUT2D eigenvalue weighted by Crippen LogP contribution is -2.47. The Labute approximate surface area is 153 Å². The summed E-state index contributed by atoms with van der Waals surface area (Å²) in [4.78, 5) is 37.8. The molecule has 1 aliphatic heterocycles. The summed E-state index contributed by atoms with van der Waals surface area (Å²) in [5.41, 5.74) is 5.40. The summed E-state index contributed by atoms with van der Waals surface area (Å²) in [6.07, 6.45) is 2.18. The third-order valence-corrected chi connectivity index (χ3v) is 4.39. The molecule has 1 aliphatic rings. The number of amides is 1. The molecule has 0 saturated carbocycles. The van der Waals surface area contributed by atoms with Crippen molar-refractivity contribution in [3.8, 4) is 0 Å². The van der Waals surface area contributed by atoms with Crippen LogP contribution in [0.25, 0.3) is 0 Å². The zero-order chi connectivity index (χ0) is 19.8. The van der Waals surface area contributed by atoms with Gasteiger partial charge >= 0.3 is 0 Å². The van der Waals surface area contributed by atoms with Crippen molar-refractivity contribution in [1.29, 1.82) is 0 Å².